The summed E-state index contributed by atoms with van der Waals surface area (Å²) in [6.07, 6.45) is 2.35. The molecule has 5 heteroatoms. The average Bonchev–Trinajstić information content (AvgIpc) is 2.26. The van der Waals surface area contributed by atoms with Crippen LogP contribution >= 0.6 is 0 Å². The molecule has 2 saturated heterocycles. The zero-order valence-corrected chi connectivity index (χ0v) is 9.72. The highest BCUT2D eigenvalue weighted by molar-refractivity contribution is 5.73. The van der Waals surface area contributed by atoms with Gasteiger partial charge in [-0.15, -0.1) is 0 Å². The smallest absolute Gasteiger partial charge is 0.314 e. The number of rotatable bonds is 4. The average molecular weight is 226 g/mol. The Balaban J connectivity index is 1.52. The van der Waals surface area contributed by atoms with Gasteiger partial charge in [-0.2, -0.15) is 0 Å². The number of hydrogen-bond acceptors (Lipinski definition) is 3. The molecule has 4 N–H and O–H groups in total. The van der Waals surface area contributed by atoms with E-state index in [4.69, 9.17) is 0 Å². The lowest BCUT2D eigenvalue weighted by Crippen LogP contribution is -2.50. The number of hydrogen-bond donors (Lipinski definition) is 4. The summed E-state index contributed by atoms with van der Waals surface area (Å²) in [6.45, 7) is 5.86. The number of amides is 2. The van der Waals surface area contributed by atoms with Gasteiger partial charge in [0.2, 0.25) is 0 Å². The quantitative estimate of drug-likeness (QED) is 0.523. The first-order valence-electron chi connectivity index (χ1n) is 6.27. The van der Waals surface area contributed by atoms with Crippen LogP contribution in [0.2, 0.25) is 0 Å². The second kappa shape index (κ2) is 6.06. The van der Waals surface area contributed by atoms with Crippen LogP contribution in [0.1, 0.15) is 12.8 Å². The van der Waals surface area contributed by atoms with Crippen molar-refractivity contribution in [2.45, 2.75) is 12.8 Å². The van der Waals surface area contributed by atoms with Gasteiger partial charge in [0.15, 0.2) is 0 Å². The Bertz CT molecular complexity index is 224. The van der Waals surface area contributed by atoms with E-state index < -0.39 is 0 Å². The summed E-state index contributed by atoms with van der Waals surface area (Å²) < 4.78 is 0. The molecule has 0 radical (unpaired) electrons. The normalized spacial score (nSPS) is 22.5. The molecule has 5 nitrogen and oxygen atoms in total. The Hall–Kier alpha value is -0.810. The van der Waals surface area contributed by atoms with E-state index in [1.54, 1.807) is 0 Å². The third kappa shape index (κ3) is 3.64. The van der Waals surface area contributed by atoms with Crippen LogP contribution in [0.15, 0.2) is 0 Å². The van der Waals surface area contributed by atoms with E-state index in [2.05, 4.69) is 21.3 Å². The largest absolute Gasteiger partial charge is 0.338 e. The van der Waals surface area contributed by atoms with E-state index >= 15 is 0 Å². The van der Waals surface area contributed by atoms with Crippen LogP contribution in [0, 0.1) is 11.8 Å². The van der Waals surface area contributed by atoms with Crippen molar-refractivity contribution in [3.63, 3.8) is 0 Å². The van der Waals surface area contributed by atoms with Gasteiger partial charge in [-0.25, -0.2) is 4.79 Å². The lowest BCUT2D eigenvalue weighted by atomic mass is 9.98. The molecule has 2 heterocycles. The van der Waals surface area contributed by atoms with Crippen molar-refractivity contribution >= 4 is 6.03 Å². The first-order valence-corrected chi connectivity index (χ1v) is 6.27. The molecule has 0 aromatic rings. The highest BCUT2D eigenvalue weighted by Crippen LogP contribution is 2.09. The Morgan fingerprint density at radius 2 is 1.62 bits per heavy atom. The Morgan fingerprint density at radius 3 is 2.19 bits per heavy atom. The molecule has 0 aromatic carbocycles. The van der Waals surface area contributed by atoms with Crippen LogP contribution in [-0.2, 0) is 0 Å². The molecule has 0 unspecified atom stereocenters. The fourth-order valence-corrected chi connectivity index (χ4v) is 2.12. The van der Waals surface area contributed by atoms with Gasteiger partial charge in [0.05, 0.1) is 0 Å². The molecule has 0 saturated carbocycles. The predicted octanol–water partition coefficient (Wildman–Crippen LogP) is -0.495. The van der Waals surface area contributed by atoms with Crippen LogP contribution in [0.4, 0.5) is 4.79 Å². The minimum atomic E-state index is -0.00886. The van der Waals surface area contributed by atoms with Crippen molar-refractivity contribution in [2.24, 2.45) is 11.8 Å². The highest BCUT2D eigenvalue weighted by atomic mass is 16.2. The summed E-state index contributed by atoms with van der Waals surface area (Å²) in [4.78, 5) is 11.5. The fraction of sp³-hybridized carbons (Fsp3) is 0.909. The molecular formula is C11H22N4O. The SMILES string of the molecule is O=C(NCC1CCNCC1)NCC1CNC1. The zero-order valence-electron chi connectivity index (χ0n) is 9.72. The van der Waals surface area contributed by atoms with Gasteiger partial charge in [0.1, 0.15) is 0 Å². The molecular weight excluding hydrogens is 204 g/mol. The molecule has 0 aliphatic carbocycles. The van der Waals surface area contributed by atoms with Crippen LogP contribution < -0.4 is 21.3 Å². The van der Waals surface area contributed by atoms with Crippen molar-refractivity contribution < 1.29 is 4.79 Å². The molecule has 2 rings (SSSR count). The van der Waals surface area contributed by atoms with E-state index in [1.165, 1.54) is 12.8 Å². The van der Waals surface area contributed by atoms with Crippen LogP contribution in [0.25, 0.3) is 0 Å². The molecule has 0 spiro atoms. The summed E-state index contributed by atoms with van der Waals surface area (Å²) >= 11 is 0. The molecule has 0 atom stereocenters. The third-order valence-corrected chi connectivity index (χ3v) is 3.43. The van der Waals surface area contributed by atoms with Crippen molar-refractivity contribution in [3.8, 4) is 0 Å². The monoisotopic (exact) mass is 226 g/mol. The molecule has 92 valence electrons. The minimum Gasteiger partial charge on any atom is -0.338 e. The second-order valence-corrected chi connectivity index (χ2v) is 4.81. The van der Waals surface area contributed by atoms with Crippen LogP contribution in [-0.4, -0.2) is 45.3 Å². The maximum atomic E-state index is 11.5. The summed E-state index contributed by atoms with van der Waals surface area (Å²) in [7, 11) is 0. The number of carbonyl (C=O) groups excluding carboxylic acids is 1. The van der Waals surface area contributed by atoms with E-state index in [0.717, 1.165) is 39.3 Å². The van der Waals surface area contributed by atoms with Crippen molar-refractivity contribution in [2.75, 3.05) is 39.3 Å². The molecule has 2 amide bonds. The lowest BCUT2D eigenvalue weighted by Gasteiger charge is -2.27. The van der Waals surface area contributed by atoms with Gasteiger partial charge in [-0.05, 0) is 31.8 Å². The van der Waals surface area contributed by atoms with E-state index in [0.29, 0.717) is 11.8 Å². The summed E-state index contributed by atoms with van der Waals surface area (Å²) in [5.74, 6) is 1.28. The van der Waals surface area contributed by atoms with Gasteiger partial charge < -0.3 is 21.3 Å². The molecule has 2 fully saturated rings. The molecule has 2 aliphatic heterocycles. The first kappa shape index (κ1) is 11.7. The number of carbonyl (C=O) groups is 1. The standard InChI is InChI=1S/C11H22N4O/c16-11(15-8-10-5-13-6-10)14-7-9-1-3-12-4-2-9/h9-10,12-13H,1-8H2,(H2,14,15,16). The second-order valence-electron chi connectivity index (χ2n) is 4.81. The van der Waals surface area contributed by atoms with Crippen LogP contribution in [0.5, 0.6) is 0 Å². The van der Waals surface area contributed by atoms with E-state index in [1.807, 2.05) is 0 Å². The van der Waals surface area contributed by atoms with Crippen molar-refractivity contribution in [1.82, 2.24) is 21.3 Å². The van der Waals surface area contributed by atoms with Crippen LogP contribution in [0.3, 0.4) is 0 Å². The fourth-order valence-electron chi connectivity index (χ4n) is 2.12. The van der Waals surface area contributed by atoms with Gasteiger partial charge in [0, 0.05) is 32.1 Å². The molecule has 16 heavy (non-hydrogen) atoms. The maximum absolute atomic E-state index is 11.5. The number of piperidine rings is 1. The maximum Gasteiger partial charge on any atom is 0.314 e. The minimum absolute atomic E-state index is 0.00886. The van der Waals surface area contributed by atoms with Gasteiger partial charge in [0.25, 0.3) is 0 Å². The van der Waals surface area contributed by atoms with Gasteiger partial charge >= 0.3 is 6.03 Å². The summed E-state index contributed by atoms with van der Waals surface area (Å²) in [5.41, 5.74) is 0. The zero-order chi connectivity index (χ0) is 11.2. The predicted molar refractivity (Wildman–Crippen MR) is 63.4 cm³/mol. The summed E-state index contributed by atoms with van der Waals surface area (Å²) in [6, 6.07) is -0.00886. The topological polar surface area (TPSA) is 65.2 Å². The third-order valence-electron chi connectivity index (χ3n) is 3.43. The number of urea groups is 1. The first-order chi connectivity index (χ1) is 7.84. The summed E-state index contributed by atoms with van der Waals surface area (Å²) in [5, 5.41) is 12.4. The Kier molecular flexibility index (Phi) is 4.42. The van der Waals surface area contributed by atoms with Crippen molar-refractivity contribution in [3.05, 3.63) is 0 Å². The Labute approximate surface area is 96.7 Å². The molecule has 0 bridgehead atoms. The lowest BCUT2D eigenvalue weighted by molar-refractivity contribution is 0.231. The Morgan fingerprint density at radius 1 is 1.00 bits per heavy atom. The highest BCUT2D eigenvalue weighted by Gasteiger charge is 2.17. The van der Waals surface area contributed by atoms with Gasteiger partial charge in [-0.1, -0.05) is 0 Å². The molecule has 2 aliphatic rings. The van der Waals surface area contributed by atoms with Gasteiger partial charge in [-0.3, -0.25) is 0 Å². The van der Waals surface area contributed by atoms with Crippen molar-refractivity contribution in [1.29, 1.82) is 0 Å². The number of nitrogens with one attached hydrogen (secondary N) is 4. The van der Waals surface area contributed by atoms with E-state index in [9.17, 15) is 4.79 Å². The van der Waals surface area contributed by atoms with E-state index in [-0.39, 0.29) is 6.03 Å². The molecule has 0 aromatic heterocycles.